The molecule has 0 unspecified atom stereocenters. The third-order valence-electron chi connectivity index (χ3n) is 1.66. The lowest BCUT2D eigenvalue weighted by Gasteiger charge is -2.08. The van der Waals surface area contributed by atoms with Crippen molar-refractivity contribution < 1.29 is 23.4 Å². The van der Waals surface area contributed by atoms with Crippen molar-refractivity contribution in [1.29, 1.82) is 0 Å². The monoisotopic (exact) mass is 282 g/mol. The van der Waals surface area contributed by atoms with Crippen LogP contribution in [0.3, 0.4) is 0 Å². The molecule has 0 aliphatic heterocycles. The summed E-state index contributed by atoms with van der Waals surface area (Å²) in [5.41, 5.74) is 0.178. The number of aliphatic carboxylic acids is 1. The molecule has 1 aromatic rings. The standard InChI is InChI=1S/C10H6Cl2F2O3/c11-7-4-6(17-10(13)14)3-5(9(7)12)1-2-8(15)16/h1-4,10H,(H,15,16)/b2-1+. The van der Waals surface area contributed by atoms with Crippen molar-refractivity contribution in [1.82, 2.24) is 0 Å². The number of carbonyl (C=O) groups is 1. The zero-order valence-electron chi connectivity index (χ0n) is 8.16. The van der Waals surface area contributed by atoms with Crippen LogP contribution in [0, 0.1) is 0 Å². The molecule has 0 aromatic heterocycles. The summed E-state index contributed by atoms with van der Waals surface area (Å²) in [5.74, 6) is -1.39. The molecule has 17 heavy (non-hydrogen) atoms. The first-order valence-electron chi connectivity index (χ1n) is 4.25. The van der Waals surface area contributed by atoms with E-state index < -0.39 is 12.6 Å². The van der Waals surface area contributed by atoms with E-state index in [0.717, 1.165) is 18.2 Å². The average molecular weight is 283 g/mol. The summed E-state index contributed by atoms with van der Waals surface area (Å²) in [6.07, 6.45) is 1.94. The molecule has 1 rings (SSSR count). The zero-order chi connectivity index (χ0) is 13.0. The summed E-state index contributed by atoms with van der Waals surface area (Å²) in [7, 11) is 0. The molecular weight excluding hydrogens is 277 g/mol. The number of carboxylic acid groups (broad SMARTS) is 1. The van der Waals surface area contributed by atoms with Crippen molar-refractivity contribution in [3.8, 4) is 5.75 Å². The normalized spacial score (nSPS) is 11.1. The van der Waals surface area contributed by atoms with Gasteiger partial charge in [0.05, 0.1) is 10.0 Å². The minimum atomic E-state index is -3.00. The molecule has 3 nitrogen and oxygen atoms in total. The maximum absolute atomic E-state index is 12.0. The van der Waals surface area contributed by atoms with Crippen molar-refractivity contribution >= 4 is 35.2 Å². The van der Waals surface area contributed by atoms with E-state index in [1.54, 1.807) is 0 Å². The minimum absolute atomic E-state index is 0.00476. The second-order valence-corrected chi connectivity index (χ2v) is 3.64. The first kappa shape index (κ1) is 13.7. The summed E-state index contributed by atoms with van der Waals surface area (Å²) in [4.78, 5) is 10.3. The molecule has 0 aliphatic rings. The maximum atomic E-state index is 12.0. The fourth-order valence-electron chi connectivity index (χ4n) is 1.04. The number of hydrogen-bond donors (Lipinski definition) is 1. The van der Waals surface area contributed by atoms with E-state index in [9.17, 15) is 13.6 Å². The van der Waals surface area contributed by atoms with Gasteiger partial charge in [-0.1, -0.05) is 23.2 Å². The minimum Gasteiger partial charge on any atom is -0.478 e. The fourth-order valence-corrected chi connectivity index (χ4v) is 1.43. The van der Waals surface area contributed by atoms with Crippen molar-refractivity contribution in [3.05, 3.63) is 33.8 Å². The van der Waals surface area contributed by atoms with Crippen molar-refractivity contribution in [2.45, 2.75) is 6.61 Å². The van der Waals surface area contributed by atoms with Crippen LogP contribution < -0.4 is 4.74 Å². The maximum Gasteiger partial charge on any atom is 0.387 e. The SMILES string of the molecule is O=C(O)/C=C/c1cc(OC(F)F)cc(Cl)c1Cl. The molecule has 0 saturated heterocycles. The summed E-state index contributed by atoms with van der Waals surface area (Å²) in [6.45, 7) is -3.00. The first-order chi connectivity index (χ1) is 7.90. The summed E-state index contributed by atoms with van der Waals surface area (Å²) >= 11 is 11.4. The molecule has 0 amide bonds. The molecule has 0 atom stereocenters. The molecule has 1 N–H and O–H groups in total. The second-order valence-electron chi connectivity index (χ2n) is 2.86. The van der Waals surface area contributed by atoms with Crippen LogP contribution in [-0.2, 0) is 4.79 Å². The van der Waals surface area contributed by atoms with Crippen LogP contribution in [0.15, 0.2) is 18.2 Å². The largest absolute Gasteiger partial charge is 0.478 e. The van der Waals surface area contributed by atoms with Crippen LogP contribution in [0.2, 0.25) is 10.0 Å². The van der Waals surface area contributed by atoms with Crippen LogP contribution >= 0.6 is 23.2 Å². The van der Waals surface area contributed by atoms with Gasteiger partial charge in [0.15, 0.2) is 0 Å². The molecular formula is C10H6Cl2F2O3. The molecule has 0 radical (unpaired) electrons. The van der Waals surface area contributed by atoms with Gasteiger partial charge in [0.25, 0.3) is 0 Å². The van der Waals surface area contributed by atoms with E-state index >= 15 is 0 Å². The van der Waals surface area contributed by atoms with Gasteiger partial charge in [-0.15, -0.1) is 0 Å². The highest BCUT2D eigenvalue weighted by Gasteiger charge is 2.10. The molecule has 0 spiro atoms. The lowest BCUT2D eigenvalue weighted by molar-refractivity contribution is -0.131. The number of ether oxygens (including phenoxy) is 1. The molecule has 0 fully saturated rings. The van der Waals surface area contributed by atoms with E-state index in [1.165, 1.54) is 6.07 Å². The average Bonchev–Trinajstić information content (AvgIpc) is 2.20. The summed E-state index contributed by atoms with van der Waals surface area (Å²) in [6, 6.07) is 2.29. The van der Waals surface area contributed by atoms with Gasteiger partial charge in [0, 0.05) is 12.1 Å². The summed E-state index contributed by atoms with van der Waals surface area (Å²) in [5, 5.41) is 8.49. The van der Waals surface area contributed by atoms with Gasteiger partial charge in [-0.05, 0) is 17.7 Å². The lowest BCUT2D eigenvalue weighted by Crippen LogP contribution is -2.02. The van der Waals surface area contributed by atoms with Gasteiger partial charge >= 0.3 is 12.6 Å². The zero-order valence-corrected chi connectivity index (χ0v) is 9.67. The van der Waals surface area contributed by atoms with Crippen LogP contribution in [0.4, 0.5) is 8.78 Å². The predicted octanol–water partition coefficient (Wildman–Crippen LogP) is 3.69. The van der Waals surface area contributed by atoms with Gasteiger partial charge in [-0.25, -0.2) is 4.79 Å². The highest BCUT2D eigenvalue weighted by molar-refractivity contribution is 6.43. The van der Waals surface area contributed by atoms with Gasteiger partial charge in [-0.3, -0.25) is 0 Å². The molecule has 0 aliphatic carbocycles. The quantitative estimate of drug-likeness (QED) is 0.857. The van der Waals surface area contributed by atoms with Gasteiger partial charge in [-0.2, -0.15) is 8.78 Å². The number of benzene rings is 1. The van der Waals surface area contributed by atoms with E-state index in [1.807, 2.05) is 0 Å². The number of rotatable bonds is 4. The smallest absolute Gasteiger partial charge is 0.387 e. The second kappa shape index (κ2) is 5.84. The summed E-state index contributed by atoms with van der Waals surface area (Å²) < 4.78 is 28.1. The Kier molecular flexibility index (Phi) is 4.72. The Morgan fingerprint density at radius 2 is 2.06 bits per heavy atom. The van der Waals surface area contributed by atoms with Gasteiger partial charge < -0.3 is 9.84 Å². The van der Waals surface area contributed by atoms with Crippen LogP contribution in [0.5, 0.6) is 5.75 Å². The lowest BCUT2D eigenvalue weighted by atomic mass is 10.2. The Hall–Kier alpha value is -1.33. The van der Waals surface area contributed by atoms with E-state index in [2.05, 4.69) is 4.74 Å². The molecule has 1 aromatic carbocycles. The highest BCUT2D eigenvalue weighted by atomic mass is 35.5. The van der Waals surface area contributed by atoms with Gasteiger partial charge in [0.2, 0.25) is 0 Å². The Balaban J connectivity index is 3.10. The Bertz CT molecular complexity index is 461. The number of alkyl halides is 2. The van der Waals surface area contributed by atoms with Crippen molar-refractivity contribution in [3.63, 3.8) is 0 Å². The molecule has 0 heterocycles. The first-order valence-corrected chi connectivity index (χ1v) is 5.00. The van der Waals surface area contributed by atoms with Crippen molar-refractivity contribution in [2.75, 3.05) is 0 Å². The Morgan fingerprint density at radius 1 is 1.41 bits per heavy atom. The van der Waals surface area contributed by atoms with Crippen LogP contribution in [-0.4, -0.2) is 17.7 Å². The molecule has 7 heteroatoms. The fraction of sp³-hybridized carbons (Fsp3) is 0.100. The number of carboxylic acids is 1. The third kappa shape index (κ3) is 4.20. The Morgan fingerprint density at radius 3 is 2.59 bits per heavy atom. The van der Waals surface area contributed by atoms with E-state index in [0.29, 0.717) is 0 Å². The van der Waals surface area contributed by atoms with E-state index in [4.69, 9.17) is 28.3 Å². The predicted molar refractivity (Wildman–Crippen MR) is 59.8 cm³/mol. The molecule has 0 bridgehead atoms. The van der Waals surface area contributed by atoms with Crippen LogP contribution in [0.25, 0.3) is 6.08 Å². The van der Waals surface area contributed by atoms with Crippen LogP contribution in [0.1, 0.15) is 5.56 Å². The van der Waals surface area contributed by atoms with Crippen molar-refractivity contribution in [2.24, 2.45) is 0 Å². The van der Waals surface area contributed by atoms with Gasteiger partial charge in [0.1, 0.15) is 5.75 Å². The van der Waals surface area contributed by atoms with E-state index in [-0.39, 0.29) is 21.4 Å². The molecule has 92 valence electrons. The Labute approximate surface area is 105 Å². The molecule has 0 saturated carbocycles. The number of hydrogen-bond acceptors (Lipinski definition) is 2. The topological polar surface area (TPSA) is 46.5 Å². The number of halogens is 4. The highest BCUT2D eigenvalue weighted by Crippen LogP contribution is 2.32. The third-order valence-corrected chi connectivity index (χ3v) is 2.48.